The van der Waals surface area contributed by atoms with Gasteiger partial charge in [0.25, 0.3) is 0 Å². The summed E-state index contributed by atoms with van der Waals surface area (Å²) in [6, 6.07) is 26.9. The van der Waals surface area contributed by atoms with Crippen molar-refractivity contribution < 1.29 is 27.9 Å². The van der Waals surface area contributed by atoms with E-state index in [0.29, 0.717) is 24.4 Å². The number of carbonyl (C=O) groups excluding carboxylic acids is 2. The maximum Gasteiger partial charge on any atom is 0.471 e. The highest BCUT2D eigenvalue weighted by Gasteiger charge is 2.43. The van der Waals surface area contributed by atoms with Crippen molar-refractivity contribution in [1.29, 1.82) is 0 Å². The Morgan fingerprint density at radius 1 is 0.851 bits per heavy atom. The topological polar surface area (TPSA) is 84.9 Å². The largest absolute Gasteiger partial charge is 0.471 e. The van der Waals surface area contributed by atoms with Crippen molar-refractivity contribution in [2.24, 2.45) is 0 Å². The third-order valence-electron chi connectivity index (χ3n) is 9.71. The molecular weight excluding hydrogens is 629 g/mol. The number of rotatable bonds is 10. The Labute approximate surface area is 279 Å². The van der Waals surface area contributed by atoms with Gasteiger partial charge in [0, 0.05) is 49.2 Å². The number of nitrogens with one attached hydrogen (secondary N) is 2. The van der Waals surface area contributed by atoms with E-state index in [9.17, 15) is 27.9 Å². The number of hydrogen-bond donors (Lipinski definition) is 3. The van der Waals surface area contributed by atoms with Crippen LogP contribution in [0, 0.1) is 0 Å². The summed E-state index contributed by atoms with van der Waals surface area (Å²) in [6.45, 7) is 2.55. The number of amides is 3. The zero-order valence-corrected chi connectivity index (χ0v) is 27.1. The first-order valence-electron chi connectivity index (χ1n) is 16.2. The van der Waals surface area contributed by atoms with Crippen molar-refractivity contribution in [2.75, 3.05) is 39.3 Å². The van der Waals surface area contributed by atoms with Crippen molar-refractivity contribution in [1.82, 2.24) is 20.4 Å². The third-order valence-corrected chi connectivity index (χ3v) is 9.96. The van der Waals surface area contributed by atoms with E-state index in [-0.39, 0.29) is 38.0 Å². The van der Waals surface area contributed by atoms with Gasteiger partial charge in [-0.25, -0.2) is 4.79 Å². The van der Waals surface area contributed by atoms with Crippen molar-refractivity contribution in [2.45, 2.75) is 61.8 Å². The van der Waals surface area contributed by atoms with Crippen LogP contribution < -0.4 is 10.6 Å². The Morgan fingerprint density at radius 2 is 1.40 bits per heavy atom. The number of aliphatic hydroxyl groups is 1. The standard InChI is InChI=1S/C36H42ClF3N4O3/c37-30-14-12-29(13-15-30)35(47)19-24-43(25-20-35)21-7-18-34(27-8-3-1-4-9-27,28-10-5-2-6-11-28)26-41-33(46)42-31-16-22-44(23-17-31)32(45)36(38,39)40/h1-6,8-15,31,47H,7,16-26H2,(H2,41,42,46). The van der Waals surface area contributed by atoms with Gasteiger partial charge in [0.2, 0.25) is 0 Å². The number of nitrogens with zero attached hydrogens (tertiary/aromatic N) is 2. The number of carbonyl (C=O) groups is 2. The summed E-state index contributed by atoms with van der Waals surface area (Å²) in [4.78, 5) is 28.0. The molecule has 11 heteroatoms. The molecule has 5 rings (SSSR count). The molecule has 0 atom stereocenters. The Bertz CT molecular complexity index is 1420. The monoisotopic (exact) mass is 670 g/mol. The Morgan fingerprint density at radius 3 is 1.94 bits per heavy atom. The lowest BCUT2D eigenvalue weighted by molar-refractivity contribution is -0.186. The highest BCUT2D eigenvalue weighted by atomic mass is 35.5. The average molecular weight is 671 g/mol. The van der Waals surface area contributed by atoms with Crippen molar-refractivity contribution in [3.05, 3.63) is 107 Å². The smallest absolute Gasteiger partial charge is 0.385 e. The number of benzene rings is 3. The van der Waals surface area contributed by atoms with Crippen molar-refractivity contribution in [3.63, 3.8) is 0 Å². The molecule has 0 radical (unpaired) electrons. The Kier molecular flexibility index (Phi) is 11.1. The first kappa shape index (κ1) is 34.7. The van der Waals surface area contributed by atoms with E-state index in [1.807, 2.05) is 60.7 Å². The van der Waals surface area contributed by atoms with E-state index >= 15 is 0 Å². The van der Waals surface area contributed by atoms with E-state index < -0.39 is 23.1 Å². The van der Waals surface area contributed by atoms with E-state index in [1.165, 1.54) is 0 Å². The normalized spacial score (nSPS) is 17.7. The van der Waals surface area contributed by atoms with Crippen molar-refractivity contribution >= 4 is 23.5 Å². The minimum absolute atomic E-state index is 0.0607. The molecule has 47 heavy (non-hydrogen) atoms. The second kappa shape index (κ2) is 15.1. The van der Waals surface area contributed by atoms with Crippen LogP contribution in [0.4, 0.5) is 18.0 Å². The van der Waals surface area contributed by atoms with Crippen LogP contribution in [0.1, 0.15) is 55.2 Å². The molecule has 0 unspecified atom stereocenters. The molecule has 2 aliphatic heterocycles. The van der Waals surface area contributed by atoms with E-state index in [0.717, 1.165) is 54.1 Å². The van der Waals surface area contributed by atoms with Crippen LogP contribution in [0.15, 0.2) is 84.9 Å². The molecule has 0 bridgehead atoms. The number of urea groups is 1. The predicted octanol–water partition coefficient (Wildman–Crippen LogP) is 6.24. The molecule has 2 aliphatic rings. The fourth-order valence-corrected chi connectivity index (χ4v) is 7.06. The molecule has 2 heterocycles. The van der Waals surface area contributed by atoms with Gasteiger partial charge in [-0.15, -0.1) is 0 Å². The minimum atomic E-state index is -4.90. The molecule has 7 nitrogen and oxygen atoms in total. The lowest BCUT2D eigenvalue weighted by atomic mass is 9.71. The molecule has 3 amide bonds. The molecule has 252 valence electrons. The van der Waals surface area contributed by atoms with Gasteiger partial charge in [-0.1, -0.05) is 84.4 Å². The van der Waals surface area contributed by atoms with Crippen LogP contribution in [-0.2, 0) is 15.8 Å². The van der Waals surface area contributed by atoms with Gasteiger partial charge < -0.3 is 25.5 Å². The molecule has 3 N–H and O–H groups in total. The van der Waals surface area contributed by atoms with E-state index in [4.69, 9.17) is 11.6 Å². The van der Waals surface area contributed by atoms with E-state index in [1.54, 1.807) is 0 Å². The van der Waals surface area contributed by atoms with E-state index in [2.05, 4.69) is 39.8 Å². The number of piperidine rings is 2. The van der Waals surface area contributed by atoms with Gasteiger partial charge >= 0.3 is 18.1 Å². The second-order valence-electron chi connectivity index (χ2n) is 12.7. The molecule has 3 aromatic carbocycles. The quantitative estimate of drug-likeness (QED) is 0.238. The van der Waals surface area contributed by atoms with Crippen LogP contribution >= 0.6 is 11.6 Å². The van der Waals surface area contributed by atoms with Gasteiger partial charge in [0.05, 0.1) is 5.60 Å². The average Bonchev–Trinajstić information content (AvgIpc) is 3.08. The van der Waals surface area contributed by atoms with Crippen molar-refractivity contribution in [3.8, 4) is 0 Å². The molecule has 2 fully saturated rings. The summed E-state index contributed by atoms with van der Waals surface area (Å²) < 4.78 is 38.5. The van der Waals surface area contributed by atoms with Gasteiger partial charge in [-0.3, -0.25) is 4.79 Å². The van der Waals surface area contributed by atoms with Crippen LogP contribution in [0.2, 0.25) is 5.02 Å². The second-order valence-corrected chi connectivity index (χ2v) is 13.1. The van der Waals surface area contributed by atoms with Crippen LogP contribution in [0.25, 0.3) is 0 Å². The maximum absolute atomic E-state index is 13.2. The summed E-state index contributed by atoms with van der Waals surface area (Å²) in [6.07, 6.45) is -1.55. The van der Waals surface area contributed by atoms with Gasteiger partial charge in [-0.2, -0.15) is 13.2 Å². The Balaban J connectivity index is 1.23. The zero-order valence-electron chi connectivity index (χ0n) is 26.3. The summed E-state index contributed by atoms with van der Waals surface area (Å²) in [7, 11) is 0. The molecule has 0 aliphatic carbocycles. The third kappa shape index (κ3) is 8.66. The SMILES string of the molecule is O=C(NCC(CCCN1CCC(O)(c2ccc(Cl)cc2)CC1)(c1ccccc1)c1ccccc1)NC1CCN(C(=O)C(F)(F)F)CC1. The summed E-state index contributed by atoms with van der Waals surface area (Å²) >= 11 is 6.05. The maximum atomic E-state index is 13.2. The summed E-state index contributed by atoms with van der Waals surface area (Å²) in [5, 5.41) is 18.0. The number of hydrogen-bond acceptors (Lipinski definition) is 4. The summed E-state index contributed by atoms with van der Waals surface area (Å²) in [5.41, 5.74) is 1.61. The molecule has 2 saturated heterocycles. The van der Waals surface area contributed by atoms with Gasteiger partial charge in [-0.05, 0) is 73.9 Å². The zero-order chi connectivity index (χ0) is 33.5. The molecule has 0 saturated carbocycles. The molecular formula is C36H42ClF3N4O3. The number of likely N-dealkylation sites (tertiary alicyclic amines) is 2. The summed E-state index contributed by atoms with van der Waals surface area (Å²) in [5.74, 6) is -1.84. The first-order valence-corrected chi connectivity index (χ1v) is 16.6. The first-order chi connectivity index (χ1) is 22.5. The highest BCUT2D eigenvalue weighted by molar-refractivity contribution is 6.30. The number of alkyl halides is 3. The van der Waals surface area contributed by atoms with Gasteiger partial charge in [0.1, 0.15) is 0 Å². The lowest BCUT2D eigenvalue weighted by Gasteiger charge is -2.40. The Hall–Kier alpha value is -3.60. The molecule has 0 spiro atoms. The van der Waals surface area contributed by atoms with Crippen LogP contribution in [-0.4, -0.2) is 78.3 Å². The molecule has 0 aromatic heterocycles. The fourth-order valence-electron chi connectivity index (χ4n) is 6.94. The van der Waals surface area contributed by atoms with Gasteiger partial charge in [0.15, 0.2) is 0 Å². The predicted molar refractivity (Wildman–Crippen MR) is 176 cm³/mol. The highest BCUT2D eigenvalue weighted by Crippen LogP contribution is 2.38. The fraction of sp³-hybridized carbons (Fsp3) is 0.444. The lowest BCUT2D eigenvalue weighted by Crippen LogP contribution is -2.53. The number of halogens is 4. The van der Waals surface area contributed by atoms with Crippen LogP contribution in [0.5, 0.6) is 0 Å². The van der Waals surface area contributed by atoms with Crippen LogP contribution in [0.3, 0.4) is 0 Å². The minimum Gasteiger partial charge on any atom is -0.385 e. The molecule has 3 aromatic rings.